The van der Waals surface area contributed by atoms with Crippen molar-refractivity contribution in [3.63, 3.8) is 0 Å². The van der Waals surface area contributed by atoms with Gasteiger partial charge in [0.1, 0.15) is 0 Å². The lowest BCUT2D eigenvalue weighted by atomic mass is 9.98. The molecular formula is C16H16FNO2. The zero-order valence-electron chi connectivity index (χ0n) is 11.2. The second-order valence-electron chi connectivity index (χ2n) is 4.46. The van der Waals surface area contributed by atoms with Crippen molar-refractivity contribution in [3.8, 4) is 5.75 Å². The smallest absolute Gasteiger partial charge is 0.168 e. The van der Waals surface area contributed by atoms with E-state index >= 15 is 0 Å². The summed E-state index contributed by atoms with van der Waals surface area (Å²) in [6, 6.07) is 13.0. The van der Waals surface area contributed by atoms with Crippen molar-refractivity contribution in [2.45, 2.75) is 12.5 Å². The Balaban J connectivity index is 2.16. The van der Waals surface area contributed by atoms with E-state index in [1.54, 1.807) is 24.3 Å². The zero-order chi connectivity index (χ0) is 14.5. The SMILES string of the molecule is COc1cccc(CC(=O)C(N)c2ccccc2)c1F. The Kier molecular flexibility index (Phi) is 4.48. The molecule has 1 unspecified atom stereocenters. The first-order valence-electron chi connectivity index (χ1n) is 6.28. The molecule has 20 heavy (non-hydrogen) atoms. The van der Waals surface area contributed by atoms with Gasteiger partial charge >= 0.3 is 0 Å². The van der Waals surface area contributed by atoms with Crippen molar-refractivity contribution in [2.75, 3.05) is 7.11 Å². The van der Waals surface area contributed by atoms with E-state index in [1.807, 2.05) is 18.2 Å². The fourth-order valence-electron chi connectivity index (χ4n) is 1.99. The standard InChI is InChI=1S/C16H16FNO2/c1-20-14-9-5-8-12(15(14)17)10-13(19)16(18)11-6-3-2-4-7-11/h2-9,16H,10,18H2,1H3. The van der Waals surface area contributed by atoms with E-state index in [1.165, 1.54) is 13.2 Å². The van der Waals surface area contributed by atoms with Crippen molar-refractivity contribution in [1.82, 2.24) is 0 Å². The highest BCUT2D eigenvalue weighted by Crippen LogP contribution is 2.22. The molecule has 104 valence electrons. The van der Waals surface area contributed by atoms with Crippen LogP contribution in [0.1, 0.15) is 17.2 Å². The fraction of sp³-hybridized carbons (Fsp3) is 0.188. The molecule has 0 aliphatic heterocycles. The first-order valence-corrected chi connectivity index (χ1v) is 6.28. The summed E-state index contributed by atoms with van der Waals surface area (Å²) in [4.78, 5) is 12.1. The Bertz CT molecular complexity index is 599. The predicted octanol–water partition coefficient (Wildman–Crippen LogP) is 2.65. The molecule has 2 aromatic carbocycles. The number of nitrogens with two attached hydrogens (primary N) is 1. The van der Waals surface area contributed by atoms with E-state index in [0.717, 1.165) is 5.56 Å². The van der Waals surface area contributed by atoms with Gasteiger partial charge in [0.05, 0.1) is 13.2 Å². The van der Waals surface area contributed by atoms with Crippen molar-refractivity contribution >= 4 is 5.78 Å². The highest BCUT2D eigenvalue weighted by molar-refractivity contribution is 5.87. The van der Waals surface area contributed by atoms with Crippen LogP contribution in [0.3, 0.4) is 0 Å². The summed E-state index contributed by atoms with van der Waals surface area (Å²) in [5.41, 5.74) is 6.92. The third kappa shape index (κ3) is 3.03. The van der Waals surface area contributed by atoms with Gasteiger partial charge in [0.15, 0.2) is 17.3 Å². The lowest BCUT2D eigenvalue weighted by Crippen LogP contribution is -2.23. The lowest BCUT2D eigenvalue weighted by molar-refractivity contribution is -0.119. The second-order valence-corrected chi connectivity index (χ2v) is 4.46. The Labute approximate surface area is 117 Å². The minimum atomic E-state index is -0.748. The van der Waals surface area contributed by atoms with Crippen molar-refractivity contribution in [1.29, 1.82) is 0 Å². The molecule has 1 atom stereocenters. The van der Waals surface area contributed by atoms with Crippen molar-refractivity contribution in [2.24, 2.45) is 5.73 Å². The maximum Gasteiger partial charge on any atom is 0.168 e. The Morgan fingerprint density at radius 3 is 2.55 bits per heavy atom. The van der Waals surface area contributed by atoms with E-state index in [2.05, 4.69) is 0 Å². The number of hydrogen-bond donors (Lipinski definition) is 1. The molecule has 0 heterocycles. The molecule has 4 heteroatoms. The summed E-state index contributed by atoms with van der Waals surface area (Å²) in [7, 11) is 1.39. The summed E-state index contributed by atoms with van der Waals surface area (Å²) >= 11 is 0. The number of ketones is 1. The van der Waals surface area contributed by atoms with Gasteiger partial charge in [-0.15, -0.1) is 0 Å². The summed E-state index contributed by atoms with van der Waals surface area (Å²) in [5, 5.41) is 0. The molecule has 0 amide bonds. The van der Waals surface area contributed by atoms with Crippen molar-refractivity contribution in [3.05, 3.63) is 65.5 Å². The van der Waals surface area contributed by atoms with Gasteiger partial charge in [0, 0.05) is 6.42 Å². The van der Waals surface area contributed by atoms with E-state index in [9.17, 15) is 9.18 Å². The molecule has 0 aliphatic carbocycles. The number of rotatable bonds is 5. The first kappa shape index (κ1) is 14.2. The van der Waals surface area contributed by atoms with Gasteiger partial charge in [-0.3, -0.25) is 4.79 Å². The molecule has 0 bridgehead atoms. The molecule has 0 fully saturated rings. The van der Waals surface area contributed by atoms with Gasteiger partial charge in [-0.25, -0.2) is 4.39 Å². The molecular weight excluding hydrogens is 257 g/mol. The molecule has 2 N–H and O–H groups in total. The minimum absolute atomic E-state index is 0.0565. The number of ether oxygens (including phenoxy) is 1. The van der Waals surface area contributed by atoms with E-state index in [4.69, 9.17) is 10.5 Å². The van der Waals surface area contributed by atoms with Gasteiger partial charge in [0.25, 0.3) is 0 Å². The third-order valence-corrected chi connectivity index (χ3v) is 3.13. The maximum absolute atomic E-state index is 14.0. The van der Waals surface area contributed by atoms with E-state index < -0.39 is 11.9 Å². The molecule has 0 aliphatic rings. The Morgan fingerprint density at radius 1 is 1.20 bits per heavy atom. The van der Waals surface area contributed by atoms with Gasteiger partial charge < -0.3 is 10.5 Å². The van der Waals surface area contributed by atoms with Gasteiger partial charge in [-0.2, -0.15) is 0 Å². The minimum Gasteiger partial charge on any atom is -0.494 e. The fourth-order valence-corrected chi connectivity index (χ4v) is 1.99. The number of Topliss-reactive ketones (excluding diaryl/α,β-unsaturated/α-hetero) is 1. The molecule has 0 radical (unpaired) electrons. The van der Waals surface area contributed by atoms with E-state index in [0.29, 0.717) is 5.56 Å². The molecule has 0 aromatic heterocycles. The molecule has 2 aromatic rings. The van der Waals surface area contributed by atoms with Crippen LogP contribution in [0.15, 0.2) is 48.5 Å². The Morgan fingerprint density at radius 2 is 1.90 bits per heavy atom. The van der Waals surface area contributed by atoms with Crippen LogP contribution in [0.25, 0.3) is 0 Å². The normalized spacial score (nSPS) is 11.9. The first-order chi connectivity index (χ1) is 9.63. The quantitative estimate of drug-likeness (QED) is 0.911. The topological polar surface area (TPSA) is 52.3 Å². The molecule has 3 nitrogen and oxygen atoms in total. The summed E-state index contributed by atoms with van der Waals surface area (Å²) in [6.45, 7) is 0. The van der Waals surface area contributed by atoms with Gasteiger partial charge in [-0.1, -0.05) is 42.5 Å². The molecule has 0 saturated carbocycles. The van der Waals surface area contributed by atoms with Gasteiger partial charge in [-0.05, 0) is 17.2 Å². The zero-order valence-corrected chi connectivity index (χ0v) is 11.2. The van der Waals surface area contributed by atoms with Crippen LogP contribution >= 0.6 is 0 Å². The Hall–Kier alpha value is -2.20. The summed E-state index contributed by atoms with van der Waals surface area (Å²) in [6.07, 6.45) is -0.0565. The van der Waals surface area contributed by atoms with Crippen LogP contribution in [0.5, 0.6) is 5.75 Å². The maximum atomic E-state index is 14.0. The highest BCUT2D eigenvalue weighted by atomic mass is 19.1. The van der Waals surface area contributed by atoms with Crippen LogP contribution < -0.4 is 10.5 Å². The third-order valence-electron chi connectivity index (χ3n) is 3.13. The van der Waals surface area contributed by atoms with E-state index in [-0.39, 0.29) is 18.0 Å². The summed E-state index contributed by atoms with van der Waals surface area (Å²) < 4.78 is 18.9. The number of carbonyl (C=O) groups is 1. The molecule has 2 rings (SSSR count). The van der Waals surface area contributed by atoms with Crippen molar-refractivity contribution < 1.29 is 13.9 Å². The number of hydrogen-bond acceptors (Lipinski definition) is 3. The predicted molar refractivity (Wildman–Crippen MR) is 75.0 cm³/mol. The largest absolute Gasteiger partial charge is 0.494 e. The highest BCUT2D eigenvalue weighted by Gasteiger charge is 2.18. The van der Waals surface area contributed by atoms with Crippen LogP contribution in [0.4, 0.5) is 4.39 Å². The number of methoxy groups -OCH3 is 1. The van der Waals surface area contributed by atoms with Gasteiger partial charge in [0.2, 0.25) is 0 Å². The average Bonchev–Trinajstić information content (AvgIpc) is 2.49. The van der Waals surface area contributed by atoms with Crippen LogP contribution in [0.2, 0.25) is 0 Å². The second kappa shape index (κ2) is 6.30. The number of halogens is 1. The number of benzene rings is 2. The average molecular weight is 273 g/mol. The lowest BCUT2D eigenvalue weighted by Gasteiger charge is -2.12. The van der Waals surface area contributed by atoms with Crippen LogP contribution in [0, 0.1) is 5.82 Å². The van der Waals surface area contributed by atoms with Crippen LogP contribution in [-0.4, -0.2) is 12.9 Å². The van der Waals surface area contributed by atoms with Crippen LogP contribution in [-0.2, 0) is 11.2 Å². The monoisotopic (exact) mass is 273 g/mol. The molecule has 0 saturated heterocycles. The summed E-state index contributed by atoms with van der Waals surface area (Å²) in [5.74, 6) is -0.615. The molecule has 0 spiro atoms. The number of carbonyl (C=O) groups excluding carboxylic acids is 1.